The fourth-order valence-corrected chi connectivity index (χ4v) is 23.5. The Kier molecular flexibility index (Phi) is 15.0. The zero-order valence-electron chi connectivity index (χ0n) is 62.4. The first kappa shape index (κ1) is 67.2. The summed E-state index contributed by atoms with van der Waals surface area (Å²) in [6.07, 6.45) is 3.88. The number of nitrogens with zero attached hydrogens (tertiary/aromatic N) is 2. The van der Waals surface area contributed by atoms with E-state index in [4.69, 9.17) is 9.97 Å². The van der Waals surface area contributed by atoms with Crippen LogP contribution in [0.4, 0.5) is 0 Å². The molecule has 0 bridgehead atoms. The Morgan fingerprint density at radius 3 is 1.07 bits per heavy atom. The van der Waals surface area contributed by atoms with Gasteiger partial charge >= 0.3 is 7.12 Å². The summed E-state index contributed by atoms with van der Waals surface area (Å²) in [5.74, 6) is 0. The van der Waals surface area contributed by atoms with Gasteiger partial charge in [-0.15, -0.1) is 22.7 Å². The zero-order chi connectivity index (χ0) is 76.6. The van der Waals surface area contributed by atoms with E-state index < -0.39 is 12.5 Å². The fraction of sp³-hybridized carbons (Fsp3) is 0.0185. The van der Waals surface area contributed by atoms with Crippen LogP contribution in [0.15, 0.2) is 381 Å². The standard InChI is InChI=1S/C54H31NS.C30H16BrNS.C24H17BO2/c1-2-15-34-32(13-1)14-11-22-37(34)52-40-20-5-3-18-38(40)51(39-19-4-6-21-41(39)52)33-26-27-42-47(29-33)54(46-24-12-28-55-53(42)46)45-23-9-7-16-35(45)43-31-50-44(30-48(43)54)36-17-8-10-25-49(36)56-50;31-17-11-12-20-25(14-17)30(24-9-5-13-32-29(20)24)23-8-3-1-6-18(23)21-16-28-22(15-26(21)30)19-7-2-4-10-27(19)33-28;26-25(27)24-21-13-5-3-11-19(21)23(20-12-4-6-14-22(20)24)18-15-7-9-16-8-1-2-10-17(16)18/h1-31H;1-16H;1-15,26-27H. The summed E-state index contributed by atoms with van der Waals surface area (Å²) in [5.41, 5.74) is 27.5. The fourth-order valence-electron chi connectivity index (χ4n) is 20.9. The Hall–Kier alpha value is -13.3. The highest BCUT2D eigenvalue weighted by Crippen LogP contribution is 2.66. The Balaban J connectivity index is 0.000000109. The first-order chi connectivity index (χ1) is 57.3. The summed E-state index contributed by atoms with van der Waals surface area (Å²) >= 11 is 7.55. The molecule has 4 heterocycles. The lowest BCUT2D eigenvalue weighted by Crippen LogP contribution is -2.31. The lowest BCUT2D eigenvalue weighted by molar-refractivity contribution is 0.426. The van der Waals surface area contributed by atoms with Crippen molar-refractivity contribution < 1.29 is 10.0 Å². The molecule has 26 rings (SSSR count). The minimum atomic E-state index is -1.53. The third-order valence-electron chi connectivity index (χ3n) is 25.4. The maximum absolute atomic E-state index is 10.1. The van der Waals surface area contributed by atoms with E-state index in [0.717, 1.165) is 48.5 Å². The van der Waals surface area contributed by atoms with E-state index in [-0.39, 0.29) is 5.41 Å². The van der Waals surface area contributed by atoms with Crippen molar-refractivity contribution in [3.8, 4) is 78.1 Å². The molecule has 540 valence electrons. The van der Waals surface area contributed by atoms with Crippen molar-refractivity contribution >= 4 is 156 Å². The molecule has 0 radical (unpaired) electrons. The van der Waals surface area contributed by atoms with Crippen LogP contribution in [0.5, 0.6) is 0 Å². The zero-order valence-corrected chi connectivity index (χ0v) is 65.6. The van der Waals surface area contributed by atoms with Gasteiger partial charge in [-0.05, 0) is 237 Å². The number of hydrogen-bond donors (Lipinski definition) is 2. The summed E-state index contributed by atoms with van der Waals surface area (Å²) in [6.45, 7) is 0. The number of aromatic nitrogens is 2. The molecule has 116 heavy (non-hydrogen) atoms. The van der Waals surface area contributed by atoms with Gasteiger partial charge in [-0.25, -0.2) is 0 Å². The highest BCUT2D eigenvalue weighted by molar-refractivity contribution is 9.10. The van der Waals surface area contributed by atoms with Crippen LogP contribution >= 0.6 is 38.6 Å². The van der Waals surface area contributed by atoms with E-state index >= 15 is 0 Å². The van der Waals surface area contributed by atoms with Gasteiger partial charge in [-0.2, -0.15) is 0 Å². The molecule has 2 unspecified atom stereocenters. The predicted octanol–water partition coefficient (Wildman–Crippen LogP) is 27.6. The number of benzene rings is 18. The van der Waals surface area contributed by atoms with Crippen molar-refractivity contribution in [2.75, 3.05) is 0 Å². The summed E-state index contributed by atoms with van der Waals surface area (Å²) in [4.78, 5) is 10.0. The Morgan fingerprint density at radius 1 is 0.241 bits per heavy atom. The molecule has 0 aliphatic heterocycles. The second kappa shape index (κ2) is 25.9. The summed E-state index contributed by atoms with van der Waals surface area (Å²) in [5, 5.41) is 39.3. The van der Waals surface area contributed by atoms with Crippen LogP contribution in [0.2, 0.25) is 0 Å². The summed E-state index contributed by atoms with van der Waals surface area (Å²) in [6, 6.07) is 132. The average molecular weight is 1580 g/mol. The van der Waals surface area contributed by atoms with E-state index in [1.54, 1.807) is 0 Å². The molecule has 4 aliphatic rings. The van der Waals surface area contributed by atoms with Crippen molar-refractivity contribution in [1.82, 2.24) is 9.97 Å². The molecular weight excluding hydrogens is 1510 g/mol. The van der Waals surface area contributed by atoms with Gasteiger partial charge in [-0.1, -0.05) is 313 Å². The van der Waals surface area contributed by atoms with Crippen LogP contribution < -0.4 is 5.46 Å². The van der Waals surface area contributed by atoms with Gasteiger partial charge < -0.3 is 10.0 Å². The minimum Gasteiger partial charge on any atom is -0.423 e. The van der Waals surface area contributed by atoms with Gasteiger partial charge in [0.2, 0.25) is 0 Å². The molecule has 2 N–H and O–H groups in total. The van der Waals surface area contributed by atoms with E-state index in [9.17, 15) is 10.0 Å². The van der Waals surface area contributed by atoms with Crippen molar-refractivity contribution in [2.24, 2.45) is 0 Å². The number of hydrogen-bond acceptors (Lipinski definition) is 6. The molecule has 4 aliphatic carbocycles. The Labute approximate surface area is 685 Å². The molecule has 0 fully saturated rings. The number of fused-ring (bicyclic) bond motifs is 32. The topological polar surface area (TPSA) is 66.2 Å². The van der Waals surface area contributed by atoms with Crippen molar-refractivity contribution in [3.05, 3.63) is 425 Å². The molecule has 2 spiro atoms. The van der Waals surface area contributed by atoms with Crippen LogP contribution in [0.1, 0.15) is 44.5 Å². The van der Waals surface area contributed by atoms with Gasteiger partial charge in [0.1, 0.15) is 0 Å². The summed E-state index contributed by atoms with van der Waals surface area (Å²) in [7, 11) is -1.53. The maximum Gasteiger partial charge on any atom is 0.489 e. The molecule has 2 atom stereocenters. The van der Waals surface area contributed by atoms with Crippen LogP contribution in [0, 0.1) is 0 Å². The highest BCUT2D eigenvalue weighted by Gasteiger charge is 2.54. The van der Waals surface area contributed by atoms with Gasteiger partial charge in [0, 0.05) is 68.3 Å². The SMILES string of the molecule is Brc1ccc2c(c1)C1(c3ccccc3-c3cc4sc5ccccc5c4cc31)c1cccnc1-2.OB(O)c1c2ccccc2c(-c2cccc3ccccc23)c2ccccc12.c1ccc2c(c1)-c1cc3sc4ccccc4c3cc1C21c2cc(-c3c4ccccc4c(-c4cccc5ccccc45)c4ccccc34)ccc2-c2ncccc21. The smallest absolute Gasteiger partial charge is 0.423 e. The van der Waals surface area contributed by atoms with Gasteiger partial charge in [0.25, 0.3) is 0 Å². The predicted molar refractivity (Wildman–Crippen MR) is 492 cm³/mol. The maximum atomic E-state index is 10.1. The lowest BCUT2D eigenvalue weighted by Gasteiger charge is -2.30. The molecule has 4 aromatic heterocycles. The van der Waals surface area contributed by atoms with Crippen molar-refractivity contribution in [2.45, 2.75) is 10.8 Å². The Morgan fingerprint density at radius 2 is 0.595 bits per heavy atom. The van der Waals surface area contributed by atoms with Crippen LogP contribution in [-0.2, 0) is 10.8 Å². The minimum absolute atomic E-state index is 0.355. The number of pyridine rings is 2. The molecule has 22 aromatic rings. The number of rotatable bonds is 4. The van der Waals surface area contributed by atoms with Crippen LogP contribution in [0.3, 0.4) is 0 Å². The van der Waals surface area contributed by atoms with Gasteiger partial charge in [0.05, 0.1) is 22.2 Å². The highest BCUT2D eigenvalue weighted by atomic mass is 79.9. The number of halogens is 1. The van der Waals surface area contributed by atoms with Gasteiger partial charge in [0.15, 0.2) is 0 Å². The molecule has 0 amide bonds. The van der Waals surface area contributed by atoms with E-state index in [1.807, 2.05) is 77.5 Å². The van der Waals surface area contributed by atoms with Crippen LogP contribution in [-0.4, -0.2) is 27.1 Å². The molecular formula is C108H64BBrN2O2S2. The third-order valence-corrected chi connectivity index (χ3v) is 28.2. The largest absolute Gasteiger partial charge is 0.489 e. The average Bonchev–Trinajstić information content (AvgIpc) is 1.51. The van der Waals surface area contributed by atoms with E-state index in [1.165, 1.54) is 184 Å². The monoisotopic (exact) mass is 1570 g/mol. The van der Waals surface area contributed by atoms with Gasteiger partial charge in [-0.3, -0.25) is 9.97 Å². The van der Waals surface area contributed by atoms with Crippen molar-refractivity contribution in [3.63, 3.8) is 0 Å². The van der Waals surface area contributed by atoms with E-state index in [2.05, 4.69) is 337 Å². The second-order valence-electron chi connectivity index (χ2n) is 31.0. The quantitative estimate of drug-likeness (QED) is 0.136. The third kappa shape index (κ3) is 9.50. The number of thiophene rings is 2. The summed E-state index contributed by atoms with van der Waals surface area (Å²) < 4.78 is 6.45. The lowest BCUT2D eigenvalue weighted by atomic mass is 9.70. The normalized spacial score (nSPS) is 14.9. The first-order valence-corrected chi connectivity index (χ1v) is 41.9. The molecule has 0 saturated heterocycles. The second-order valence-corrected chi connectivity index (χ2v) is 34.1. The first-order valence-electron chi connectivity index (χ1n) is 39.5. The van der Waals surface area contributed by atoms with E-state index in [0.29, 0.717) is 5.46 Å². The van der Waals surface area contributed by atoms with Crippen molar-refractivity contribution in [1.29, 1.82) is 0 Å². The molecule has 8 heteroatoms. The Bertz CT molecular complexity index is 7890. The molecule has 4 nitrogen and oxygen atoms in total. The molecule has 0 saturated carbocycles. The molecule has 18 aromatic carbocycles. The van der Waals surface area contributed by atoms with Crippen LogP contribution in [0.25, 0.3) is 183 Å².